The lowest BCUT2D eigenvalue weighted by Gasteiger charge is -2.40. The van der Waals surface area contributed by atoms with Crippen LogP contribution >= 0.6 is 43.5 Å². The Morgan fingerprint density at radius 1 is 1.05 bits per heavy atom. The molecule has 0 aromatic heterocycles. The van der Waals surface area contributed by atoms with Gasteiger partial charge in [0.25, 0.3) is 0 Å². The van der Waals surface area contributed by atoms with Crippen molar-refractivity contribution < 1.29 is 9.53 Å². The molecule has 0 aliphatic carbocycles. The lowest BCUT2D eigenvalue weighted by molar-refractivity contribution is -0.158. The third kappa shape index (κ3) is 7.33. The van der Waals surface area contributed by atoms with E-state index < -0.39 is 8.29 Å². The topological polar surface area (TPSA) is 26.3 Å². The summed E-state index contributed by atoms with van der Waals surface area (Å²) in [5.74, 6) is -0.281. The van der Waals surface area contributed by atoms with Gasteiger partial charge in [-0.3, -0.25) is 4.79 Å². The lowest BCUT2D eigenvalue weighted by Crippen LogP contribution is -2.46. The smallest absolute Gasteiger partial charge is 0.303 e. The van der Waals surface area contributed by atoms with Gasteiger partial charge in [0, 0.05) is 6.92 Å². The first-order valence-corrected chi connectivity index (χ1v) is 9.01. The van der Waals surface area contributed by atoms with Gasteiger partial charge >= 0.3 is 5.97 Å². The van der Waals surface area contributed by atoms with E-state index in [-0.39, 0.29) is 5.97 Å². The number of hydrogen-bond acceptors (Lipinski definition) is 2. The van der Waals surface area contributed by atoms with Crippen molar-refractivity contribution in [1.82, 2.24) is 0 Å². The molecule has 0 saturated carbocycles. The van der Waals surface area contributed by atoms with Crippen LogP contribution in [0.4, 0.5) is 0 Å². The van der Waals surface area contributed by atoms with Gasteiger partial charge in [0.2, 0.25) is 0 Å². The summed E-state index contributed by atoms with van der Waals surface area (Å²) >= 11 is 13.3. The van der Waals surface area contributed by atoms with E-state index in [4.69, 9.17) is 16.3 Å². The molecule has 2 nitrogen and oxygen atoms in total. The van der Waals surface area contributed by atoms with E-state index >= 15 is 0 Å². The Morgan fingerprint density at radius 3 is 1.74 bits per heavy atom. The fourth-order valence-electron chi connectivity index (χ4n) is 2.16. The second-order valence-electron chi connectivity index (χ2n) is 5.00. The van der Waals surface area contributed by atoms with Crippen molar-refractivity contribution in [2.24, 2.45) is 0 Å². The van der Waals surface area contributed by atoms with E-state index in [1.54, 1.807) is 0 Å². The lowest BCUT2D eigenvalue weighted by atomic mass is 9.91. The Kier molecular flexibility index (Phi) is 9.98. The first-order valence-electron chi connectivity index (χ1n) is 7.05. The predicted octanol–water partition coefficient (Wildman–Crippen LogP) is 6.13. The molecule has 0 aromatic rings. The highest BCUT2D eigenvalue weighted by atomic mass is 79.9. The van der Waals surface area contributed by atoms with Crippen molar-refractivity contribution in [2.45, 2.75) is 80.4 Å². The summed E-state index contributed by atoms with van der Waals surface area (Å²) in [4.78, 5) is 11.4. The quantitative estimate of drug-likeness (QED) is 0.241. The number of halogens is 3. The van der Waals surface area contributed by atoms with Crippen molar-refractivity contribution in [3.8, 4) is 0 Å². The van der Waals surface area contributed by atoms with Gasteiger partial charge in [-0.25, -0.2) is 0 Å². The minimum atomic E-state index is -0.903. The predicted molar refractivity (Wildman–Crippen MR) is 89.2 cm³/mol. The maximum absolute atomic E-state index is 11.4. The fraction of sp³-hybridized carbons (Fsp3) is 0.929. The van der Waals surface area contributed by atoms with Crippen LogP contribution in [0.15, 0.2) is 0 Å². The molecular formula is C14H25Br2ClO2. The molecule has 0 unspecified atom stereocenters. The molecule has 0 heterocycles. The Labute approximate surface area is 139 Å². The van der Waals surface area contributed by atoms with Gasteiger partial charge in [0.15, 0.2) is 8.29 Å². The highest BCUT2D eigenvalue weighted by Gasteiger charge is 2.49. The fourth-order valence-corrected chi connectivity index (χ4v) is 3.35. The second kappa shape index (κ2) is 9.62. The van der Waals surface area contributed by atoms with Crippen LogP contribution in [-0.4, -0.2) is 14.3 Å². The molecule has 0 saturated heterocycles. The zero-order valence-electron chi connectivity index (χ0n) is 12.1. The highest BCUT2D eigenvalue weighted by Crippen LogP contribution is 2.49. The van der Waals surface area contributed by atoms with Gasteiger partial charge in [-0.1, -0.05) is 83.0 Å². The maximum atomic E-state index is 11.4. The van der Waals surface area contributed by atoms with Crippen molar-refractivity contribution >= 4 is 49.4 Å². The molecule has 19 heavy (non-hydrogen) atoms. The van der Waals surface area contributed by atoms with E-state index in [0.717, 1.165) is 51.4 Å². The summed E-state index contributed by atoms with van der Waals surface area (Å²) in [6, 6.07) is 0. The first-order chi connectivity index (χ1) is 8.79. The van der Waals surface area contributed by atoms with Gasteiger partial charge in [0.1, 0.15) is 0 Å². The molecular weight excluding hydrogens is 395 g/mol. The van der Waals surface area contributed by atoms with E-state index in [1.807, 2.05) is 0 Å². The average Bonchev–Trinajstić information content (AvgIpc) is 2.27. The number of esters is 1. The van der Waals surface area contributed by atoms with Crippen LogP contribution in [-0.2, 0) is 9.53 Å². The van der Waals surface area contributed by atoms with Crippen LogP contribution in [0.3, 0.4) is 0 Å². The molecule has 0 fully saturated rings. The van der Waals surface area contributed by atoms with Gasteiger partial charge in [0.05, 0.1) is 0 Å². The maximum Gasteiger partial charge on any atom is 0.303 e. The molecule has 0 spiro atoms. The number of alkyl halides is 3. The van der Waals surface area contributed by atoms with E-state index in [1.165, 1.54) is 6.92 Å². The van der Waals surface area contributed by atoms with Crippen LogP contribution < -0.4 is 0 Å². The minimum absolute atomic E-state index is 0.281. The van der Waals surface area contributed by atoms with Crippen LogP contribution in [0.5, 0.6) is 0 Å². The molecule has 5 heteroatoms. The monoisotopic (exact) mass is 418 g/mol. The number of hydrogen-bond donors (Lipinski definition) is 0. The van der Waals surface area contributed by atoms with Crippen LogP contribution in [0.1, 0.15) is 72.1 Å². The van der Waals surface area contributed by atoms with Gasteiger partial charge in [-0.15, -0.1) is 0 Å². The SMILES string of the molecule is CCCCCC(CCCCC)(OC(C)=O)C(Cl)(Br)Br. The molecule has 0 radical (unpaired) electrons. The summed E-state index contributed by atoms with van der Waals surface area (Å²) in [7, 11) is 0. The van der Waals surface area contributed by atoms with Crippen molar-refractivity contribution in [3.63, 3.8) is 0 Å². The van der Waals surface area contributed by atoms with E-state index in [2.05, 4.69) is 45.7 Å². The molecule has 0 N–H and O–H groups in total. The Hall–Kier alpha value is 0.720. The Balaban J connectivity index is 4.91. The standard InChI is InChI=1S/C14H25Br2ClO2/c1-4-6-8-10-13(14(15,16)17,19-12(3)18)11-9-7-5-2/h4-11H2,1-3H3. The van der Waals surface area contributed by atoms with Crippen LogP contribution in [0, 0.1) is 0 Å². The second-order valence-corrected chi connectivity index (χ2v) is 9.92. The summed E-state index contributed by atoms with van der Waals surface area (Å²) in [6.45, 7) is 5.75. The van der Waals surface area contributed by atoms with Gasteiger partial charge < -0.3 is 4.74 Å². The summed E-state index contributed by atoms with van der Waals surface area (Å²) in [6.07, 6.45) is 8.03. The third-order valence-corrected chi connectivity index (χ3v) is 5.01. The van der Waals surface area contributed by atoms with Crippen molar-refractivity contribution in [3.05, 3.63) is 0 Å². The first kappa shape index (κ1) is 19.7. The molecule has 0 rings (SSSR count). The molecule has 0 bridgehead atoms. The molecule has 0 aliphatic rings. The largest absolute Gasteiger partial charge is 0.455 e. The summed E-state index contributed by atoms with van der Waals surface area (Å²) in [5, 5.41) is 0. The van der Waals surface area contributed by atoms with Crippen LogP contribution in [0.2, 0.25) is 0 Å². The minimum Gasteiger partial charge on any atom is -0.455 e. The van der Waals surface area contributed by atoms with Crippen molar-refractivity contribution in [1.29, 1.82) is 0 Å². The molecule has 114 valence electrons. The number of rotatable bonds is 10. The van der Waals surface area contributed by atoms with E-state index in [0.29, 0.717) is 0 Å². The number of carbonyl (C=O) groups is 1. The Morgan fingerprint density at radius 2 is 1.47 bits per heavy atom. The summed E-state index contributed by atoms with van der Waals surface area (Å²) < 4.78 is 4.73. The number of carbonyl (C=O) groups excluding carboxylic acids is 1. The number of ether oxygens (including phenoxy) is 1. The van der Waals surface area contributed by atoms with Crippen molar-refractivity contribution in [2.75, 3.05) is 0 Å². The molecule has 0 amide bonds. The zero-order chi connectivity index (χ0) is 14.9. The summed E-state index contributed by atoms with van der Waals surface area (Å²) in [5.41, 5.74) is -0.690. The highest BCUT2D eigenvalue weighted by molar-refractivity contribution is 9.26. The van der Waals surface area contributed by atoms with Gasteiger partial charge in [-0.2, -0.15) is 0 Å². The Bertz CT molecular complexity index is 255. The third-order valence-electron chi connectivity index (χ3n) is 3.22. The normalized spacial score (nSPS) is 12.5. The molecule has 0 aromatic carbocycles. The van der Waals surface area contributed by atoms with Gasteiger partial charge in [-0.05, 0) is 25.7 Å². The average molecular weight is 421 g/mol. The molecule has 0 atom stereocenters. The zero-order valence-corrected chi connectivity index (χ0v) is 16.0. The molecule has 0 aliphatic heterocycles. The van der Waals surface area contributed by atoms with Crippen LogP contribution in [0.25, 0.3) is 0 Å². The van der Waals surface area contributed by atoms with E-state index in [9.17, 15) is 4.79 Å². The number of unbranched alkanes of at least 4 members (excludes halogenated alkanes) is 4.